The first-order valence-electron chi connectivity index (χ1n) is 5.77. The minimum atomic E-state index is -0.0890. The van der Waals surface area contributed by atoms with E-state index in [2.05, 4.69) is 16.9 Å². The van der Waals surface area contributed by atoms with Crippen LogP contribution in [-0.4, -0.2) is 35.5 Å². The van der Waals surface area contributed by atoms with Gasteiger partial charge in [-0.15, -0.1) is 0 Å². The van der Waals surface area contributed by atoms with Crippen molar-refractivity contribution in [1.29, 1.82) is 0 Å². The van der Waals surface area contributed by atoms with Gasteiger partial charge in [-0.2, -0.15) is 0 Å². The van der Waals surface area contributed by atoms with Crippen LogP contribution in [0.4, 0.5) is 0 Å². The number of hydrogen-bond donors (Lipinski definition) is 2. The Morgan fingerprint density at radius 1 is 1.53 bits per heavy atom. The number of ether oxygens (including phenoxy) is 1. The molecule has 0 aliphatic heterocycles. The van der Waals surface area contributed by atoms with Crippen LogP contribution in [0.1, 0.15) is 19.0 Å². The van der Waals surface area contributed by atoms with Crippen LogP contribution in [0.15, 0.2) is 16.0 Å². The van der Waals surface area contributed by atoms with Crippen LogP contribution in [-0.2, 0) is 11.2 Å². The first-order valence-corrected chi connectivity index (χ1v) is 6.75. The fourth-order valence-corrected chi connectivity index (χ4v) is 2.07. The lowest BCUT2D eigenvalue weighted by atomic mass is 10.2. The van der Waals surface area contributed by atoms with Crippen molar-refractivity contribution >= 4 is 11.8 Å². The molecule has 0 saturated heterocycles. The number of nitrogens with one attached hydrogen (secondary N) is 1. The Kier molecular flexibility index (Phi) is 6.91. The molecule has 1 heterocycles. The molecule has 1 aromatic rings. The lowest BCUT2D eigenvalue weighted by Crippen LogP contribution is -2.12. The van der Waals surface area contributed by atoms with Crippen LogP contribution in [0.25, 0.3) is 0 Å². The highest BCUT2D eigenvalue weighted by Crippen LogP contribution is 2.11. The number of aryl methyl sites for hydroxylation is 1. The Labute approximate surface area is 105 Å². The first-order chi connectivity index (χ1) is 8.26. The summed E-state index contributed by atoms with van der Waals surface area (Å²) in [6.45, 7) is 3.78. The van der Waals surface area contributed by atoms with Gasteiger partial charge in [-0.05, 0) is 6.42 Å². The van der Waals surface area contributed by atoms with Crippen LogP contribution in [0.2, 0.25) is 0 Å². The summed E-state index contributed by atoms with van der Waals surface area (Å²) in [5.41, 5.74) is 6.06. The van der Waals surface area contributed by atoms with Crippen molar-refractivity contribution in [3.05, 3.63) is 22.1 Å². The van der Waals surface area contributed by atoms with E-state index in [1.54, 1.807) is 6.07 Å². The zero-order valence-electron chi connectivity index (χ0n) is 10.1. The average Bonchev–Trinajstić information content (AvgIpc) is 2.28. The number of thioether (sulfide) groups is 1. The molecule has 0 bridgehead atoms. The second kappa shape index (κ2) is 8.27. The summed E-state index contributed by atoms with van der Waals surface area (Å²) >= 11 is 1.49. The molecule has 96 valence electrons. The minimum Gasteiger partial charge on any atom is -0.379 e. The molecule has 0 aliphatic carbocycles. The maximum Gasteiger partial charge on any atom is 0.251 e. The van der Waals surface area contributed by atoms with E-state index in [4.69, 9.17) is 10.5 Å². The molecule has 0 atom stereocenters. The van der Waals surface area contributed by atoms with E-state index in [1.165, 1.54) is 11.8 Å². The fourth-order valence-electron chi connectivity index (χ4n) is 1.32. The molecule has 0 aliphatic rings. The number of nitrogens with two attached hydrogens (primary N) is 1. The number of rotatable bonds is 8. The highest BCUT2D eigenvalue weighted by molar-refractivity contribution is 7.99. The monoisotopic (exact) mass is 257 g/mol. The molecule has 5 nitrogen and oxygen atoms in total. The standard InChI is InChI=1S/C11H19N3O2S/c1-2-3-9-8-10(15)14-11(13-9)17-7-6-16-5-4-12/h8H,2-7,12H2,1H3,(H,13,14,15). The predicted molar refractivity (Wildman–Crippen MR) is 69.5 cm³/mol. The summed E-state index contributed by atoms with van der Waals surface area (Å²) in [5, 5.41) is 0.664. The van der Waals surface area contributed by atoms with E-state index in [0.29, 0.717) is 24.9 Å². The van der Waals surface area contributed by atoms with Crippen molar-refractivity contribution in [1.82, 2.24) is 9.97 Å². The zero-order valence-corrected chi connectivity index (χ0v) is 10.9. The quantitative estimate of drug-likeness (QED) is 0.409. The third-order valence-electron chi connectivity index (χ3n) is 2.01. The second-order valence-electron chi connectivity index (χ2n) is 3.54. The molecular formula is C11H19N3O2S. The molecular weight excluding hydrogens is 238 g/mol. The van der Waals surface area contributed by atoms with Crippen LogP contribution in [0.3, 0.4) is 0 Å². The van der Waals surface area contributed by atoms with E-state index >= 15 is 0 Å². The molecule has 0 radical (unpaired) electrons. The molecule has 0 amide bonds. The van der Waals surface area contributed by atoms with Gasteiger partial charge in [-0.3, -0.25) is 4.79 Å². The van der Waals surface area contributed by atoms with Crippen molar-refractivity contribution in [3.63, 3.8) is 0 Å². The number of nitrogens with zero attached hydrogens (tertiary/aromatic N) is 1. The average molecular weight is 257 g/mol. The van der Waals surface area contributed by atoms with Gasteiger partial charge in [0.2, 0.25) is 0 Å². The van der Waals surface area contributed by atoms with Gasteiger partial charge in [0.05, 0.1) is 13.2 Å². The van der Waals surface area contributed by atoms with Gasteiger partial charge in [0.25, 0.3) is 5.56 Å². The van der Waals surface area contributed by atoms with E-state index in [9.17, 15) is 4.79 Å². The summed E-state index contributed by atoms with van der Waals surface area (Å²) in [6.07, 6.45) is 1.82. The Hall–Kier alpha value is -0.850. The molecule has 0 saturated carbocycles. The molecule has 0 fully saturated rings. The Morgan fingerprint density at radius 2 is 2.35 bits per heavy atom. The number of H-pyrrole nitrogens is 1. The van der Waals surface area contributed by atoms with Gasteiger partial charge < -0.3 is 15.5 Å². The van der Waals surface area contributed by atoms with Gasteiger partial charge in [-0.1, -0.05) is 25.1 Å². The first kappa shape index (κ1) is 14.2. The van der Waals surface area contributed by atoms with Gasteiger partial charge in [0.15, 0.2) is 5.16 Å². The van der Waals surface area contributed by atoms with E-state index in [0.717, 1.165) is 24.3 Å². The smallest absolute Gasteiger partial charge is 0.251 e. The fraction of sp³-hybridized carbons (Fsp3) is 0.636. The van der Waals surface area contributed by atoms with Crippen molar-refractivity contribution in [2.75, 3.05) is 25.5 Å². The lowest BCUT2D eigenvalue weighted by Gasteiger charge is -2.04. The van der Waals surface area contributed by atoms with Gasteiger partial charge >= 0.3 is 0 Å². The summed E-state index contributed by atoms with van der Waals surface area (Å²) in [7, 11) is 0. The van der Waals surface area contributed by atoms with Crippen molar-refractivity contribution in [2.24, 2.45) is 5.73 Å². The molecule has 3 N–H and O–H groups in total. The Balaban J connectivity index is 2.44. The maximum absolute atomic E-state index is 11.4. The van der Waals surface area contributed by atoms with Gasteiger partial charge in [-0.25, -0.2) is 4.98 Å². The lowest BCUT2D eigenvalue weighted by molar-refractivity contribution is 0.158. The summed E-state index contributed by atoms with van der Waals surface area (Å²) in [4.78, 5) is 18.4. The third-order valence-corrected chi connectivity index (χ3v) is 2.85. The van der Waals surface area contributed by atoms with E-state index in [-0.39, 0.29) is 5.56 Å². The van der Waals surface area contributed by atoms with Crippen molar-refractivity contribution in [2.45, 2.75) is 24.9 Å². The third kappa shape index (κ3) is 5.86. The van der Waals surface area contributed by atoms with E-state index in [1.807, 2.05) is 0 Å². The number of aromatic amines is 1. The normalized spacial score (nSPS) is 10.7. The second-order valence-corrected chi connectivity index (χ2v) is 4.63. The SMILES string of the molecule is CCCc1cc(=O)[nH]c(SCCOCCN)n1. The van der Waals surface area contributed by atoms with Crippen molar-refractivity contribution in [3.8, 4) is 0 Å². The molecule has 17 heavy (non-hydrogen) atoms. The largest absolute Gasteiger partial charge is 0.379 e. The number of aromatic nitrogens is 2. The topological polar surface area (TPSA) is 81.0 Å². The highest BCUT2D eigenvalue weighted by Gasteiger charge is 2.01. The Bertz CT molecular complexity index is 381. The van der Waals surface area contributed by atoms with Crippen LogP contribution < -0.4 is 11.3 Å². The minimum absolute atomic E-state index is 0.0890. The molecule has 6 heteroatoms. The number of hydrogen-bond acceptors (Lipinski definition) is 5. The Morgan fingerprint density at radius 3 is 3.06 bits per heavy atom. The predicted octanol–water partition coefficient (Wildman–Crippen LogP) is 0.790. The molecule has 0 aromatic carbocycles. The van der Waals surface area contributed by atoms with Crippen LogP contribution in [0.5, 0.6) is 0 Å². The van der Waals surface area contributed by atoms with E-state index < -0.39 is 0 Å². The maximum atomic E-state index is 11.4. The molecule has 0 unspecified atom stereocenters. The van der Waals surface area contributed by atoms with Gasteiger partial charge in [0, 0.05) is 24.1 Å². The summed E-state index contributed by atoms with van der Waals surface area (Å²) < 4.78 is 5.25. The summed E-state index contributed by atoms with van der Waals surface area (Å²) in [6, 6.07) is 1.55. The van der Waals surface area contributed by atoms with Crippen LogP contribution >= 0.6 is 11.8 Å². The molecule has 0 spiro atoms. The summed E-state index contributed by atoms with van der Waals surface area (Å²) in [5.74, 6) is 0.762. The molecule has 1 aromatic heterocycles. The van der Waals surface area contributed by atoms with Gasteiger partial charge in [0.1, 0.15) is 0 Å². The van der Waals surface area contributed by atoms with Crippen molar-refractivity contribution < 1.29 is 4.74 Å². The highest BCUT2D eigenvalue weighted by atomic mass is 32.2. The van der Waals surface area contributed by atoms with Crippen LogP contribution in [0, 0.1) is 0 Å². The molecule has 1 rings (SSSR count). The zero-order chi connectivity index (χ0) is 12.5.